The van der Waals surface area contributed by atoms with E-state index in [0.29, 0.717) is 6.61 Å². The molecule has 0 bridgehead atoms. The Bertz CT molecular complexity index is 176. The van der Waals surface area contributed by atoms with Gasteiger partial charge in [0.05, 0.1) is 12.1 Å². The number of hydrogen-bond acceptors (Lipinski definition) is 3. The Morgan fingerprint density at radius 1 is 1.46 bits per heavy atom. The van der Waals surface area contributed by atoms with Gasteiger partial charge in [-0.2, -0.15) is 0 Å². The summed E-state index contributed by atoms with van der Waals surface area (Å²) in [7, 11) is 0. The molecule has 4 nitrogen and oxygen atoms in total. The lowest BCUT2D eigenvalue weighted by atomic mass is 9.82. The minimum Gasteiger partial charge on any atom is -0.317 e. The first-order valence-electron chi connectivity index (χ1n) is 4.90. The summed E-state index contributed by atoms with van der Waals surface area (Å²) in [5, 5.41) is 0. The van der Waals surface area contributed by atoms with Gasteiger partial charge in [-0.3, -0.25) is 9.63 Å². The number of hydroxylamine groups is 1. The maximum Gasteiger partial charge on any atom is 0.263 e. The van der Waals surface area contributed by atoms with E-state index in [-0.39, 0.29) is 5.91 Å². The highest BCUT2D eigenvalue weighted by Gasteiger charge is 2.35. The first-order chi connectivity index (χ1) is 6.19. The molecule has 76 valence electrons. The number of carbonyl (C=O) groups excluding carboxylic acids is 1. The third-order valence-corrected chi connectivity index (χ3v) is 2.51. The molecule has 0 atom stereocenters. The van der Waals surface area contributed by atoms with Crippen LogP contribution in [-0.2, 0) is 9.63 Å². The van der Waals surface area contributed by atoms with Crippen molar-refractivity contribution < 1.29 is 9.63 Å². The molecular formula is C9H18N2O2. The van der Waals surface area contributed by atoms with Gasteiger partial charge < -0.3 is 5.73 Å². The molecule has 1 rings (SSSR count). The molecule has 1 saturated carbocycles. The molecule has 0 aromatic rings. The van der Waals surface area contributed by atoms with Crippen LogP contribution in [0.3, 0.4) is 0 Å². The van der Waals surface area contributed by atoms with Gasteiger partial charge in [0.2, 0.25) is 0 Å². The minimum absolute atomic E-state index is 0.172. The lowest BCUT2D eigenvalue weighted by molar-refractivity contribution is -0.140. The fourth-order valence-electron chi connectivity index (χ4n) is 1.65. The Morgan fingerprint density at radius 3 is 2.62 bits per heavy atom. The van der Waals surface area contributed by atoms with Crippen molar-refractivity contribution in [3.63, 3.8) is 0 Å². The largest absolute Gasteiger partial charge is 0.317 e. The van der Waals surface area contributed by atoms with E-state index in [1.165, 1.54) is 6.42 Å². The van der Waals surface area contributed by atoms with Crippen LogP contribution in [0.2, 0.25) is 0 Å². The summed E-state index contributed by atoms with van der Waals surface area (Å²) in [5.41, 5.74) is 7.64. The SMILES string of the molecule is CCONC(=O)C1(N)CCCCC1. The van der Waals surface area contributed by atoms with Crippen LogP contribution in [0, 0.1) is 0 Å². The topological polar surface area (TPSA) is 64.3 Å². The van der Waals surface area contributed by atoms with E-state index in [2.05, 4.69) is 5.48 Å². The number of carbonyl (C=O) groups is 1. The Balaban J connectivity index is 2.42. The first-order valence-corrected chi connectivity index (χ1v) is 4.90. The lowest BCUT2D eigenvalue weighted by Gasteiger charge is -2.31. The Hall–Kier alpha value is -0.610. The number of nitrogens with one attached hydrogen (secondary N) is 1. The normalized spacial score (nSPS) is 21.1. The molecule has 0 aromatic heterocycles. The second kappa shape index (κ2) is 4.58. The zero-order chi connectivity index (χ0) is 9.73. The monoisotopic (exact) mass is 186 g/mol. The van der Waals surface area contributed by atoms with Crippen molar-refractivity contribution in [1.82, 2.24) is 5.48 Å². The fourth-order valence-corrected chi connectivity index (χ4v) is 1.65. The number of rotatable bonds is 3. The van der Waals surface area contributed by atoms with Gasteiger partial charge in [0.15, 0.2) is 0 Å². The molecule has 0 radical (unpaired) electrons. The molecule has 4 heteroatoms. The summed E-state index contributed by atoms with van der Waals surface area (Å²) in [4.78, 5) is 16.4. The smallest absolute Gasteiger partial charge is 0.263 e. The third kappa shape index (κ3) is 2.67. The molecule has 1 fully saturated rings. The Morgan fingerprint density at radius 2 is 2.08 bits per heavy atom. The molecule has 3 N–H and O–H groups in total. The van der Waals surface area contributed by atoms with E-state index >= 15 is 0 Å². The number of amides is 1. The van der Waals surface area contributed by atoms with Gasteiger partial charge in [-0.15, -0.1) is 0 Å². The van der Waals surface area contributed by atoms with Gasteiger partial charge >= 0.3 is 0 Å². The molecule has 0 aromatic carbocycles. The number of nitrogens with two attached hydrogens (primary N) is 1. The van der Waals surface area contributed by atoms with E-state index in [0.717, 1.165) is 25.7 Å². The predicted molar refractivity (Wildman–Crippen MR) is 49.8 cm³/mol. The molecule has 0 spiro atoms. The third-order valence-electron chi connectivity index (χ3n) is 2.51. The zero-order valence-electron chi connectivity index (χ0n) is 8.14. The van der Waals surface area contributed by atoms with Gasteiger partial charge in [0, 0.05) is 0 Å². The molecular weight excluding hydrogens is 168 g/mol. The van der Waals surface area contributed by atoms with Crippen LogP contribution in [0.15, 0.2) is 0 Å². The van der Waals surface area contributed by atoms with Gasteiger partial charge in [-0.1, -0.05) is 19.3 Å². The number of hydrogen-bond donors (Lipinski definition) is 2. The van der Waals surface area contributed by atoms with Gasteiger partial charge in [-0.25, -0.2) is 5.48 Å². The van der Waals surface area contributed by atoms with Crippen LogP contribution in [0.5, 0.6) is 0 Å². The van der Waals surface area contributed by atoms with Crippen LogP contribution >= 0.6 is 0 Å². The Labute approximate surface area is 78.8 Å². The molecule has 0 heterocycles. The fraction of sp³-hybridized carbons (Fsp3) is 0.889. The molecule has 0 unspecified atom stereocenters. The van der Waals surface area contributed by atoms with E-state index in [9.17, 15) is 4.79 Å². The molecule has 1 aliphatic rings. The second-order valence-corrected chi connectivity index (χ2v) is 3.58. The van der Waals surface area contributed by atoms with Crippen molar-refractivity contribution in [3.05, 3.63) is 0 Å². The predicted octanol–water partition coefficient (Wildman–Crippen LogP) is 0.716. The molecule has 1 aliphatic carbocycles. The summed E-state index contributed by atoms with van der Waals surface area (Å²) in [6.45, 7) is 2.30. The van der Waals surface area contributed by atoms with Gasteiger partial charge in [0.1, 0.15) is 0 Å². The zero-order valence-corrected chi connectivity index (χ0v) is 8.14. The van der Waals surface area contributed by atoms with Crippen LogP contribution in [-0.4, -0.2) is 18.1 Å². The highest BCUT2D eigenvalue weighted by molar-refractivity contribution is 5.85. The van der Waals surface area contributed by atoms with Crippen molar-refractivity contribution in [2.75, 3.05) is 6.61 Å². The summed E-state index contributed by atoms with van der Waals surface area (Å²) >= 11 is 0. The lowest BCUT2D eigenvalue weighted by Crippen LogP contribution is -2.54. The van der Waals surface area contributed by atoms with Crippen LogP contribution in [0.4, 0.5) is 0 Å². The van der Waals surface area contributed by atoms with Crippen LogP contribution in [0.25, 0.3) is 0 Å². The first kappa shape index (κ1) is 10.5. The van der Waals surface area contributed by atoms with E-state index in [1.807, 2.05) is 6.92 Å². The quantitative estimate of drug-likeness (QED) is 0.638. The van der Waals surface area contributed by atoms with E-state index < -0.39 is 5.54 Å². The van der Waals surface area contributed by atoms with Crippen molar-refractivity contribution in [2.24, 2.45) is 5.73 Å². The molecule has 1 amide bonds. The summed E-state index contributed by atoms with van der Waals surface area (Å²) in [6, 6.07) is 0. The summed E-state index contributed by atoms with van der Waals surface area (Å²) < 4.78 is 0. The minimum atomic E-state index is -0.687. The maximum atomic E-state index is 11.5. The van der Waals surface area contributed by atoms with Crippen LogP contribution < -0.4 is 11.2 Å². The van der Waals surface area contributed by atoms with Crippen molar-refractivity contribution in [3.8, 4) is 0 Å². The van der Waals surface area contributed by atoms with Crippen molar-refractivity contribution in [1.29, 1.82) is 0 Å². The van der Waals surface area contributed by atoms with Crippen molar-refractivity contribution in [2.45, 2.75) is 44.6 Å². The average molecular weight is 186 g/mol. The summed E-state index contributed by atoms with van der Waals surface area (Å²) in [6.07, 6.45) is 4.80. The standard InChI is InChI=1S/C9H18N2O2/c1-2-13-11-8(12)9(10)6-4-3-5-7-9/h2-7,10H2,1H3,(H,11,12). The Kier molecular flexibility index (Phi) is 3.69. The molecule has 0 aliphatic heterocycles. The molecule has 13 heavy (non-hydrogen) atoms. The summed E-state index contributed by atoms with van der Waals surface area (Å²) in [5.74, 6) is -0.172. The average Bonchev–Trinajstić information content (AvgIpc) is 2.15. The van der Waals surface area contributed by atoms with Gasteiger partial charge in [0.25, 0.3) is 5.91 Å². The van der Waals surface area contributed by atoms with Crippen molar-refractivity contribution >= 4 is 5.91 Å². The molecule has 0 saturated heterocycles. The van der Waals surface area contributed by atoms with E-state index in [4.69, 9.17) is 10.6 Å². The van der Waals surface area contributed by atoms with Crippen LogP contribution in [0.1, 0.15) is 39.0 Å². The second-order valence-electron chi connectivity index (χ2n) is 3.58. The van der Waals surface area contributed by atoms with Gasteiger partial charge in [-0.05, 0) is 19.8 Å². The highest BCUT2D eigenvalue weighted by atomic mass is 16.6. The maximum absolute atomic E-state index is 11.5. The van der Waals surface area contributed by atoms with E-state index in [1.54, 1.807) is 0 Å². The highest BCUT2D eigenvalue weighted by Crippen LogP contribution is 2.25.